The molecule has 0 aliphatic carbocycles. The summed E-state index contributed by atoms with van der Waals surface area (Å²) in [5.41, 5.74) is 0.877. The van der Waals surface area contributed by atoms with Gasteiger partial charge in [-0.1, -0.05) is 0 Å². The van der Waals surface area contributed by atoms with Gasteiger partial charge in [0.2, 0.25) is 5.95 Å². The molecule has 1 N–H and O–H groups in total. The lowest BCUT2D eigenvalue weighted by Gasteiger charge is -2.27. The second-order valence-corrected chi connectivity index (χ2v) is 8.07. The Morgan fingerprint density at radius 1 is 1.43 bits per heavy atom. The molecule has 1 aliphatic rings. The SMILES string of the molecule is CCN(c1nc(C)cc(NC(C)C)n1)C1CCS(=O)(=O)C1. The topological polar surface area (TPSA) is 75.2 Å². The van der Waals surface area contributed by atoms with Gasteiger partial charge < -0.3 is 10.2 Å². The van der Waals surface area contributed by atoms with Gasteiger partial charge in [0.25, 0.3) is 0 Å². The summed E-state index contributed by atoms with van der Waals surface area (Å²) in [6.07, 6.45) is 0.653. The number of aromatic nitrogens is 2. The number of sulfone groups is 1. The predicted molar refractivity (Wildman–Crippen MR) is 85.6 cm³/mol. The van der Waals surface area contributed by atoms with Crippen LogP contribution in [0.1, 0.15) is 32.9 Å². The molecule has 2 heterocycles. The molecule has 118 valence electrons. The number of rotatable bonds is 5. The normalized spacial score (nSPS) is 20.7. The number of hydrogen-bond donors (Lipinski definition) is 1. The highest BCUT2D eigenvalue weighted by Gasteiger charge is 2.33. The van der Waals surface area contributed by atoms with Gasteiger partial charge in [0.1, 0.15) is 5.82 Å². The van der Waals surface area contributed by atoms with Gasteiger partial charge in [-0.3, -0.25) is 0 Å². The third kappa shape index (κ3) is 4.06. The van der Waals surface area contributed by atoms with E-state index in [0.717, 1.165) is 11.5 Å². The number of aryl methyl sites for hydroxylation is 1. The lowest BCUT2D eigenvalue weighted by Crippen LogP contribution is -2.37. The number of anilines is 2. The van der Waals surface area contributed by atoms with E-state index in [4.69, 9.17) is 0 Å². The van der Waals surface area contributed by atoms with Crippen molar-refractivity contribution in [2.24, 2.45) is 0 Å². The molecule has 0 aromatic carbocycles. The third-order valence-electron chi connectivity index (χ3n) is 3.53. The molecule has 7 heteroatoms. The summed E-state index contributed by atoms with van der Waals surface area (Å²) in [7, 11) is -2.91. The Kier molecular flexibility index (Phi) is 4.70. The molecule has 0 spiro atoms. The average molecular weight is 312 g/mol. The van der Waals surface area contributed by atoms with Crippen molar-refractivity contribution in [3.63, 3.8) is 0 Å². The van der Waals surface area contributed by atoms with E-state index >= 15 is 0 Å². The Hall–Kier alpha value is -1.37. The number of hydrogen-bond acceptors (Lipinski definition) is 6. The van der Waals surface area contributed by atoms with Gasteiger partial charge >= 0.3 is 0 Å². The quantitative estimate of drug-likeness (QED) is 0.890. The fourth-order valence-corrected chi connectivity index (χ4v) is 4.37. The van der Waals surface area contributed by atoms with E-state index in [1.165, 1.54) is 0 Å². The molecule has 6 nitrogen and oxygen atoms in total. The largest absolute Gasteiger partial charge is 0.368 e. The Bertz CT molecular complexity index is 601. The maximum absolute atomic E-state index is 11.7. The molecule has 1 fully saturated rings. The molecule has 0 bridgehead atoms. The van der Waals surface area contributed by atoms with Crippen molar-refractivity contribution in [3.05, 3.63) is 11.8 Å². The first-order valence-electron chi connectivity index (χ1n) is 7.40. The smallest absolute Gasteiger partial charge is 0.227 e. The second kappa shape index (κ2) is 6.17. The molecule has 21 heavy (non-hydrogen) atoms. The van der Waals surface area contributed by atoms with Crippen molar-refractivity contribution >= 4 is 21.6 Å². The van der Waals surface area contributed by atoms with Crippen LogP contribution in [0.5, 0.6) is 0 Å². The zero-order valence-corrected chi connectivity index (χ0v) is 13.9. The predicted octanol–water partition coefficient (Wildman–Crippen LogP) is 1.62. The van der Waals surface area contributed by atoms with Crippen LogP contribution in [-0.2, 0) is 9.84 Å². The average Bonchev–Trinajstić information content (AvgIpc) is 2.69. The first-order valence-corrected chi connectivity index (χ1v) is 9.22. The lowest BCUT2D eigenvalue weighted by molar-refractivity contribution is 0.599. The molecule has 1 saturated heterocycles. The molecule has 1 unspecified atom stereocenters. The van der Waals surface area contributed by atoms with Crippen molar-refractivity contribution < 1.29 is 8.42 Å². The summed E-state index contributed by atoms with van der Waals surface area (Å²) >= 11 is 0. The van der Waals surface area contributed by atoms with E-state index in [1.807, 2.05) is 24.8 Å². The second-order valence-electron chi connectivity index (χ2n) is 5.84. The summed E-state index contributed by atoms with van der Waals surface area (Å²) in [5, 5.41) is 3.28. The molecule has 0 radical (unpaired) electrons. The van der Waals surface area contributed by atoms with Crippen LogP contribution in [0.2, 0.25) is 0 Å². The van der Waals surface area contributed by atoms with Crippen LogP contribution >= 0.6 is 0 Å². The zero-order valence-electron chi connectivity index (χ0n) is 13.1. The minimum absolute atomic E-state index is 0.0197. The van der Waals surface area contributed by atoms with Gasteiger partial charge in [0, 0.05) is 30.4 Å². The lowest BCUT2D eigenvalue weighted by atomic mass is 10.2. The van der Waals surface area contributed by atoms with Crippen LogP contribution in [0.4, 0.5) is 11.8 Å². The summed E-state index contributed by atoms with van der Waals surface area (Å²) in [6, 6.07) is 2.17. The van der Waals surface area contributed by atoms with Crippen molar-refractivity contribution in [3.8, 4) is 0 Å². The summed E-state index contributed by atoms with van der Waals surface area (Å²) in [5.74, 6) is 1.86. The highest BCUT2D eigenvalue weighted by atomic mass is 32.2. The molecular formula is C14H24N4O2S. The van der Waals surface area contributed by atoms with Crippen LogP contribution in [-0.4, -0.2) is 48.5 Å². The van der Waals surface area contributed by atoms with Crippen LogP contribution in [0.15, 0.2) is 6.07 Å². The van der Waals surface area contributed by atoms with Gasteiger partial charge in [0.05, 0.1) is 11.5 Å². The highest BCUT2D eigenvalue weighted by Crippen LogP contribution is 2.23. The van der Waals surface area contributed by atoms with Crippen molar-refractivity contribution in [2.45, 2.75) is 46.2 Å². The minimum atomic E-state index is -2.91. The molecular weight excluding hydrogens is 288 g/mol. The molecule has 1 aliphatic heterocycles. The van der Waals surface area contributed by atoms with E-state index in [-0.39, 0.29) is 23.6 Å². The van der Waals surface area contributed by atoms with Gasteiger partial charge in [-0.15, -0.1) is 0 Å². The summed E-state index contributed by atoms with van der Waals surface area (Å²) < 4.78 is 23.4. The zero-order chi connectivity index (χ0) is 15.6. The van der Waals surface area contributed by atoms with Gasteiger partial charge in [0.15, 0.2) is 9.84 Å². The van der Waals surface area contributed by atoms with Crippen molar-refractivity contribution in [1.82, 2.24) is 9.97 Å². The maximum Gasteiger partial charge on any atom is 0.227 e. The van der Waals surface area contributed by atoms with Crippen LogP contribution in [0.25, 0.3) is 0 Å². The first-order chi connectivity index (χ1) is 9.80. The molecule has 0 amide bonds. The van der Waals surface area contributed by atoms with Crippen molar-refractivity contribution in [2.75, 3.05) is 28.3 Å². The van der Waals surface area contributed by atoms with Gasteiger partial charge in [-0.05, 0) is 34.1 Å². The fraction of sp³-hybridized carbons (Fsp3) is 0.714. The Balaban J connectivity index is 2.27. The van der Waals surface area contributed by atoms with E-state index in [0.29, 0.717) is 18.9 Å². The number of nitrogens with zero attached hydrogens (tertiary/aromatic N) is 3. The summed E-state index contributed by atoms with van der Waals surface area (Å²) in [4.78, 5) is 11.0. The van der Waals surface area contributed by atoms with E-state index in [1.54, 1.807) is 0 Å². The van der Waals surface area contributed by atoms with E-state index in [9.17, 15) is 8.42 Å². The first kappa shape index (κ1) is 16.0. The maximum atomic E-state index is 11.7. The van der Waals surface area contributed by atoms with Crippen LogP contribution in [0.3, 0.4) is 0 Å². The number of nitrogens with one attached hydrogen (secondary N) is 1. The minimum Gasteiger partial charge on any atom is -0.368 e. The van der Waals surface area contributed by atoms with Crippen LogP contribution < -0.4 is 10.2 Å². The van der Waals surface area contributed by atoms with Gasteiger partial charge in [-0.25, -0.2) is 13.4 Å². The van der Waals surface area contributed by atoms with E-state index in [2.05, 4.69) is 29.1 Å². The Morgan fingerprint density at radius 3 is 2.67 bits per heavy atom. The molecule has 1 aromatic rings. The van der Waals surface area contributed by atoms with Gasteiger partial charge in [-0.2, -0.15) is 4.98 Å². The molecule has 1 atom stereocenters. The standard InChI is InChI=1S/C14H24N4O2S/c1-5-18(12-6-7-21(19,20)9-12)14-16-11(4)8-13(17-14)15-10(2)3/h8,10,12H,5-7,9H2,1-4H3,(H,15,16,17). The monoisotopic (exact) mass is 312 g/mol. The van der Waals surface area contributed by atoms with Crippen LogP contribution in [0, 0.1) is 6.92 Å². The summed E-state index contributed by atoms with van der Waals surface area (Å²) in [6.45, 7) is 8.74. The fourth-order valence-electron chi connectivity index (χ4n) is 2.64. The molecule has 2 rings (SSSR count). The molecule has 1 aromatic heterocycles. The van der Waals surface area contributed by atoms with E-state index < -0.39 is 9.84 Å². The highest BCUT2D eigenvalue weighted by molar-refractivity contribution is 7.91. The van der Waals surface area contributed by atoms with Crippen molar-refractivity contribution in [1.29, 1.82) is 0 Å². The Morgan fingerprint density at radius 2 is 2.14 bits per heavy atom. The Labute approximate surface area is 126 Å². The third-order valence-corrected chi connectivity index (χ3v) is 5.28. The molecule has 0 saturated carbocycles.